The van der Waals surface area contributed by atoms with E-state index in [9.17, 15) is 4.79 Å². The highest BCUT2D eigenvalue weighted by atomic mass is 16.5. The van der Waals surface area contributed by atoms with Gasteiger partial charge in [0.1, 0.15) is 17.6 Å². The van der Waals surface area contributed by atoms with Crippen LogP contribution in [0.25, 0.3) is 0 Å². The lowest BCUT2D eigenvalue weighted by Gasteiger charge is -2.15. The quantitative estimate of drug-likeness (QED) is 0.0959. The molecule has 0 spiro atoms. The zero-order chi connectivity index (χ0) is 28.7. The van der Waals surface area contributed by atoms with Crippen LogP contribution in [0.3, 0.4) is 0 Å². The van der Waals surface area contributed by atoms with Gasteiger partial charge in [-0.1, -0.05) is 128 Å². The molecule has 4 heteroatoms. The molecule has 224 valence electrons. The third-order valence-corrected chi connectivity index (χ3v) is 7.46. The molecular weight excluding hydrogens is 496 g/mol. The Balaban J connectivity index is 1.57. The van der Waals surface area contributed by atoms with Crippen LogP contribution in [-0.2, 0) is 16.0 Å². The summed E-state index contributed by atoms with van der Waals surface area (Å²) in [5.41, 5.74) is 1.90. The Bertz CT molecular complexity index is 875. The summed E-state index contributed by atoms with van der Waals surface area (Å²) >= 11 is 0. The number of rotatable bonds is 24. The number of benzene rings is 2. The number of ether oxygens (including phenoxy) is 3. The minimum Gasteiger partial charge on any atom is -0.494 e. The average Bonchev–Trinajstić information content (AvgIpc) is 2.96. The van der Waals surface area contributed by atoms with Gasteiger partial charge in [0.2, 0.25) is 0 Å². The summed E-state index contributed by atoms with van der Waals surface area (Å²) < 4.78 is 17.4. The lowest BCUT2D eigenvalue weighted by Crippen LogP contribution is -2.11. The fraction of sp³-hybridized carbons (Fsp3) is 0.639. The van der Waals surface area contributed by atoms with Gasteiger partial charge in [-0.15, -0.1) is 0 Å². The highest BCUT2D eigenvalue weighted by Crippen LogP contribution is 2.22. The number of esters is 1. The molecule has 0 saturated carbocycles. The first-order valence-corrected chi connectivity index (χ1v) is 16.3. The minimum atomic E-state index is -0.302. The van der Waals surface area contributed by atoms with Crippen LogP contribution in [0.5, 0.6) is 11.5 Å². The monoisotopic (exact) mass is 552 g/mol. The largest absolute Gasteiger partial charge is 0.494 e. The van der Waals surface area contributed by atoms with Crippen LogP contribution >= 0.6 is 0 Å². The van der Waals surface area contributed by atoms with Crippen molar-refractivity contribution in [3.05, 3.63) is 59.7 Å². The summed E-state index contributed by atoms with van der Waals surface area (Å²) in [6.45, 7) is 7.92. The van der Waals surface area contributed by atoms with Crippen LogP contribution in [0.4, 0.5) is 0 Å². The zero-order valence-electron chi connectivity index (χ0n) is 25.8. The van der Waals surface area contributed by atoms with Crippen molar-refractivity contribution in [3.8, 4) is 11.5 Å². The average molecular weight is 553 g/mol. The first kappa shape index (κ1) is 33.7. The number of unbranched alkanes of at least 4 members (excludes halogenated alkanes) is 14. The van der Waals surface area contributed by atoms with Crippen LogP contribution in [0, 0.1) is 0 Å². The van der Waals surface area contributed by atoms with Gasteiger partial charge in [-0.05, 0) is 55.2 Å². The molecular formula is C36H56O4. The molecule has 0 aliphatic heterocycles. The molecule has 4 nitrogen and oxygen atoms in total. The number of hydrogen-bond acceptors (Lipinski definition) is 4. The van der Waals surface area contributed by atoms with E-state index in [-0.39, 0.29) is 18.5 Å². The normalized spacial score (nSPS) is 11.8. The van der Waals surface area contributed by atoms with Gasteiger partial charge in [0, 0.05) is 0 Å². The topological polar surface area (TPSA) is 44.8 Å². The lowest BCUT2D eigenvalue weighted by atomic mass is 10.1. The second-order valence-electron chi connectivity index (χ2n) is 11.2. The Labute approximate surface area is 245 Å². The van der Waals surface area contributed by atoms with Crippen molar-refractivity contribution in [2.24, 2.45) is 0 Å². The van der Waals surface area contributed by atoms with E-state index in [1.807, 2.05) is 55.5 Å². The van der Waals surface area contributed by atoms with Crippen molar-refractivity contribution in [3.63, 3.8) is 0 Å². The van der Waals surface area contributed by atoms with E-state index in [1.165, 1.54) is 89.9 Å². The van der Waals surface area contributed by atoms with Crippen LogP contribution < -0.4 is 9.47 Å². The molecule has 0 aliphatic rings. The van der Waals surface area contributed by atoms with Crippen LogP contribution in [0.15, 0.2) is 48.5 Å². The maximum absolute atomic E-state index is 12.5. The van der Waals surface area contributed by atoms with Gasteiger partial charge in [-0.3, -0.25) is 4.79 Å². The fourth-order valence-electron chi connectivity index (χ4n) is 4.86. The molecule has 0 saturated heterocycles. The van der Waals surface area contributed by atoms with Gasteiger partial charge >= 0.3 is 5.97 Å². The van der Waals surface area contributed by atoms with Gasteiger partial charge < -0.3 is 14.2 Å². The van der Waals surface area contributed by atoms with E-state index in [4.69, 9.17) is 14.2 Å². The molecule has 1 atom stereocenters. The Hall–Kier alpha value is -2.49. The van der Waals surface area contributed by atoms with Gasteiger partial charge in [0.05, 0.1) is 19.6 Å². The summed E-state index contributed by atoms with van der Waals surface area (Å²) in [6, 6.07) is 15.7. The molecule has 0 aromatic heterocycles. The molecule has 0 heterocycles. The molecule has 0 amide bonds. The van der Waals surface area contributed by atoms with E-state index in [0.717, 1.165) is 48.7 Å². The highest BCUT2D eigenvalue weighted by molar-refractivity contribution is 5.73. The Kier molecular flexibility index (Phi) is 18.7. The highest BCUT2D eigenvalue weighted by Gasteiger charge is 2.13. The summed E-state index contributed by atoms with van der Waals surface area (Å²) in [5, 5.41) is 0. The van der Waals surface area contributed by atoms with Crippen molar-refractivity contribution in [2.75, 3.05) is 13.2 Å². The summed E-state index contributed by atoms with van der Waals surface area (Å²) in [7, 11) is 0. The van der Waals surface area contributed by atoms with E-state index in [0.29, 0.717) is 0 Å². The van der Waals surface area contributed by atoms with Gasteiger partial charge in [-0.25, -0.2) is 0 Å². The Morgan fingerprint density at radius 3 is 1.43 bits per heavy atom. The van der Waals surface area contributed by atoms with Crippen molar-refractivity contribution in [1.82, 2.24) is 0 Å². The molecule has 0 bridgehead atoms. The van der Waals surface area contributed by atoms with E-state index in [2.05, 4.69) is 13.8 Å². The van der Waals surface area contributed by atoms with Gasteiger partial charge in [0.25, 0.3) is 0 Å². The predicted molar refractivity (Wildman–Crippen MR) is 167 cm³/mol. The second kappa shape index (κ2) is 22.2. The molecule has 1 unspecified atom stereocenters. The number of carbonyl (C=O) groups excluding carboxylic acids is 1. The van der Waals surface area contributed by atoms with E-state index in [1.54, 1.807) is 0 Å². The fourth-order valence-corrected chi connectivity index (χ4v) is 4.86. The first-order chi connectivity index (χ1) is 19.6. The van der Waals surface area contributed by atoms with Crippen molar-refractivity contribution in [1.29, 1.82) is 0 Å². The third kappa shape index (κ3) is 15.9. The number of carbonyl (C=O) groups is 1. The molecule has 0 fully saturated rings. The van der Waals surface area contributed by atoms with E-state index >= 15 is 0 Å². The molecule has 2 aromatic carbocycles. The first-order valence-electron chi connectivity index (χ1n) is 16.3. The second-order valence-corrected chi connectivity index (χ2v) is 11.2. The molecule has 0 N–H and O–H groups in total. The van der Waals surface area contributed by atoms with Crippen LogP contribution in [0.2, 0.25) is 0 Å². The standard InChI is InChI=1S/C36H56O4/c1-4-6-8-10-12-13-14-15-17-19-29-39-35-26-22-33(23-27-35)31(3)40-36(37)30-32-20-24-34(25-21-32)38-28-18-16-11-9-7-5-2/h20-27,31H,4-19,28-30H2,1-3H3. The molecule has 0 radical (unpaired) electrons. The van der Waals surface area contributed by atoms with Crippen LogP contribution in [-0.4, -0.2) is 19.2 Å². The summed E-state index contributed by atoms with van der Waals surface area (Å²) in [5.74, 6) is 1.50. The number of hydrogen-bond donors (Lipinski definition) is 0. The summed E-state index contributed by atoms with van der Waals surface area (Å²) in [6.07, 6.45) is 20.7. The lowest BCUT2D eigenvalue weighted by molar-refractivity contribution is -0.147. The van der Waals surface area contributed by atoms with Crippen LogP contribution in [0.1, 0.15) is 141 Å². The van der Waals surface area contributed by atoms with Gasteiger partial charge in [0.15, 0.2) is 0 Å². The molecule has 2 aromatic rings. The maximum atomic E-state index is 12.5. The Morgan fingerprint density at radius 1 is 0.575 bits per heavy atom. The molecule has 40 heavy (non-hydrogen) atoms. The molecule has 0 aliphatic carbocycles. The van der Waals surface area contributed by atoms with Gasteiger partial charge in [-0.2, -0.15) is 0 Å². The molecule has 2 rings (SSSR count). The van der Waals surface area contributed by atoms with Crippen molar-refractivity contribution < 1.29 is 19.0 Å². The van der Waals surface area contributed by atoms with Crippen molar-refractivity contribution >= 4 is 5.97 Å². The predicted octanol–water partition coefficient (Wildman–Crippen LogP) is 10.6. The summed E-state index contributed by atoms with van der Waals surface area (Å²) in [4.78, 5) is 12.5. The third-order valence-electron chi connectivity index (χ3n) is 7.46. The van der Waals surface area contributed by atoms with E-state index < -0.39 is 0 Å². The zero-order valence-corrected chi connectivity index (χ0v) is 25.8. The Morgan fingerprint density at radius 2 is 0.975 bits per heavy atom. The maximum Gasteiger partial charge on any atom is 0.310 e. The minimum absolute atomic E-state index is 0.227. The smallest absolute Gasteiger partial charge is 0.310 e. The SMILES string of the molecule is CCCCCCCCCCCCOc1ccc(C(C)OC(=O)Cc2ccc(OCCCCCCCC)cc2)cc1. The van der Waals surface area contributed by atoms with Crippen molar-refractivity contribution in [2.45, 2.75) is 136 Å².